The van der Waals surface area contributed by atoms with Crippen LogP contribution in [0.4, 0.5) is 17.5 Å². The highest BCUT2D eigenvalue weighted by Crippen LogP contribution is 2.25. The van der Waals surface area contributed by atoms with Crippen LogP contribution in [0.1, 0.15) is 51.4 Å². The summed E-state index contributed by atoms with van der Waals surface area (Å²) < 4.78 is 29.9. The molecule has 0 amide bonds. The molecule has 3 aromatic heterocycles. The molecular weight excluding hydrogens is 990 g/mol. The normalized spacial score (nSPS) is 23.9. The molecule has 4 atom stereocenters. The first kappa shape index (κ1) is 50.0. The van der Waals surface area contributed by atoms with Gasteiger partial charge in [0.2, 0.25) is 0 Å². The monoisotopic (exact) mass is 1050 g/mol. The van der Waals surface area contributed by atoms with Crippen molar-refractivity contribution in [3.8, 4) is 0 Å². The Hall–Kier alpha value is -1.65. The van der Waals surface area contributed by atoms with Gasteiger partial charge in [0.1, 0.15) is 17.5 Å². The maximum atomic E-state index is 11.0. The number of rotatable bonds is 6. The third kappa shape index (κ3) is 18.3. The van der Waals surface area contributed by atoms with E-state index < -0.39 is 10.1 Å². The molecule has 6 aliphatic heterocycles. The summed E-state index contributed by atoms with van der Waals surface area (Å²) in [6.07, 6.45) is 15.2. The number of nitrogens with one attached hydrogen (secondary N) is 2. The third-order valence-corrected chi connectivity index (χ3v) is 12.6. The molecule has 0 aliphatic carbocycles. The van der Waals surface area contributed by atoms with E-state index in [4.69, 9.17) is 9.29 Å². The molecule has 6 saturated heterocycles. The molecule has 4 N–H and O–H groups in total. The summed E-state index contributed by atoms with van der Waals surface area (Å²) in [6, 6.07) is 12.7. The summed E-state index contributed by atoms with van der Waals surface area (Å²) in [7, 11) is -3.37. The van der Waals surface area contributed by atoms with Crippen molar-refractivity contribution in [1.82, 2.24) is 30.5 Å². The molecule has 59 heavy (non-hydrogen) atoms. The van der Waals surface area contributed by atoms with Gasteiger partial charge in [-0.15, -0.1) is 0 Å². The Balaban J connectivity index is 0.000000172. The van der Waals surface area contributed by atoms with Gasteiger partial charge in [0.05, 0.1) is 24.6 Å². The number of nitrogens with zero attached hydrogens (tertiary/aromatic N) is 7. The van der Waals surface area contributed by atoms with Gasteiger partial charge in [0, 0.05) is 83.9 Å². The molecule has 0 bridgehead atoms. The second-order valence-corrected chi connectivity index (χ2v) is 19.6. The summed E-state index contributed by atoms with van der Waals surface area (Å²) in [5.41, 5.74) is 0. The maximum absolute atomic E-state index is 11.0. The zero-order valence-corrected chi connectivity index (χ0v) is 40.5. The molecule has 19 heteroatoms. The molecule has 6 aliphatic rings. The Morgan fingerprint density at radius 2 is 1.14 bits per heavy atom. The van der Waals surface area contributed by atoms with E-state index in [0.717, 1.165) is 95.3 Å². The van der Waals surface area contributed by atoms with Crippen molar-refractivity contribution in [1.29, 1.82) is 0 Å². The molecule has 0 unspecified atom stereocenters. The van der Waals surface area contributed by atoms with Gasteiger partial charge >= 0.3 is 0 Å². The maximum Gasteiger partial charge on any atom is 0.264 e. The van der Waals surface area contributed by atoms with Crippen LogP contribution in [-0.4, -0.2) is 148 Å². The van der Waals surface area contributed by atoms with E-state index in [9.17, 15) is 13.5 Å². The van der Waals surface area contributed by atoms with Gasteiger partial charge < -0.3 is 35.5 Å². The van der Waals surface area contributed by atoms with Gasteiger partial charge in [-0.25, -0.2) is 15.0 Å². The quantitative estimate of drug-likeness (QED) is 0.240. The van der Waals surface area contributed by atoms with E-state index in [0.29, 0.717) is 19.5 Å². The van der Waals surface area contributed by atoms with Crippen LogP contribution < -0.4 is 25.3 Å². The minimum Gasteiger partial charge on any atom is -0.392 e. The van der Waals surface area contributed by atoms with Gasteiger partial charge in [0.15, 0.2) is 0 Å². The average molecular weight is 1050 g/mol. The highest BCUT2D eigenvalue weighted by atomic mass is 79.9. The topological polar surface area (TPSA) is 160 Å². The molecule has 0 radical (unpaired) electrons. The Morgan fingerprint density at radius 3 is 1.53 bits per heavy atom. The van der Waals surface area contributed by atoms with Crippen LogP contribution in [0, 0.1) is 0 Å². The predicted molar refractivity (Wildman–Crippen MR) is 253 cm³/mol. The second-order valence-electron chi connectivity index (χ2n) is 15.3. The first-order valence-corrected chi connectivity index (χ1v) is 24.6. The van der Waals surface area contributed by atoms with Gasteiger partial charge in [0.25, 0.3) is 10.1 Å². The largest absolute Gasteiger partial charge is 0.392 e. The minimum atomic E-state index is -3.37. The number of β-amino-alcohol motifs (C(OH)–C–C–N with tert-alkyl or cyclic N) is 2. The summed E-state index contributed by atoms with van der Waals surface area (Å²) >= 11 is 10.1. The lowest BCUT2D eigenvalue weighted by Crippen LogP contribution is -2.35. The first-order chi connectivity index (χ1) is 27.9. The lowest BCUT2D eigenvalue weighted by Gasteiger charge is -2.24. The Labute approximate surface area is 383 Å². The van der Waals surface area contributed by atoms with Gasteiger partial charge in [-0.05, 0) is 168 Å². The number of aliphatic hydroxyl groups excluding tert-OH is 2. The number of pyridine rings is 3. The second kappa shape index (κ2) is 26.1. The molecule has 9 rings (SSSR count). The fourth-order valence-electron chi connectivity index (χ4n) is 7.50. The summed E-state index contributed by atoms with van der Waals surface area (Å²) in [5.74, 6) is 2.91. The van der Waals surface area contributed by atoms with Crippen molar-refractivity contribution < 1.29 is 22.8 Å². The van der Waals surface area contributed by atoms with Crippen molar-refractivity contribution in [2.45, 2.75) is 75.7 Å². The van der Waals surface area contributed by atoms with Crippen molar-refractivity contribution in [2.24, 2.45) is 0 Å². The molecule has 3 aromatic rings. The predicted octanol–water partition coefficient (Wildman–Crippen LogP) is 5.16. The Kier molecular flexibility index (Phi) is 22.1. The highest BCUT2D eigenvalue weighted by Gasteiger charge is 2.30. The first-order valence-electron chi connectivity index (χ1n) is 20.4. The minimum absolute atomic E-state index is 0. The van der Waals surface area contributed by atoms with Crippen molar-refractivity contribution in [2.75, 3.05) is 99.5 Å². The number of hydrogen-bond donors (Lipinski definition) is 4. The van der Waals surface area contributed by atoms with E-state index >= 15 is 0 Å². The number of aliphatic hydroxyl groups is 2. The number of hydrogen-bond acceptors (Lipinski definition) is 14. The van der Waals surface area contributed by atoms with Crippen molar-refractivity contribution >= 4 is 88.9 Å². The van der Waals surface area contributed by atoms with Gasteiger partial charge in [-0.1, -0.05) is 0 Å². The molecule has 6 fully saturated rings. The molecule has 14 nitrogen and oxygen atoms in total. The molecule has 330 valence electrons. The van der Waals surface area contributed by atoms with Crippen LogP contribution in [-0.2, 0) is 14.3 Å². The lowest BCUT2D eigenvalue weighted by molar-refractivity contribution is 0.196. The standard InChI is InChI=1S/C13H18BrN3.C10H13BrN2O3S.C9H11BrN2O.C4H9NO.C4H9N.H2S/c14-11-3-4-13(15-9-11)17-8-5-12(10-17)16-6-1-2-7-16;1-17(14,15)16-9-4-5-13(7-9)10-3-2-8(11)6-12-10;10-7-1-2-9(11-5-7)12-4-3-8(13)6-12;6-4-1-2-5-3-4;1-2-4-5-3-1;/h3-4,9,12H,1-2,5-8,10H2;2-3,6,9H,4-5,7H2,1H3;1-2,5,8,13H,3-4,6H2;4-6H,1-3H2;5H,1-4H2;1H2/t12-;9-;8-;4-;;/m0111../s1. The average Bonchev–Trinajstić information content (AvgIpc) is 4.06. The number of anilines is 3. The fraction of sp³-hybridized carbons (Fsp3) is 0.625. The molecule has 9 heterocycles. The SMILES string of the molecule is Brc1ccc(N2CC[C@H](N3CCCC3)C2)nc1.C1CCNC1.CS(=O)(=O)O[C@@H]1CCN(c2ccc(Br)cn2)C1.O[C@@H]1CCN(c2ccc(Br)cn2)C1.O[C@@H]1CCNC1.S. The smallest absolute Gasteiger partial charge is 0.264 e. The van der Waals surface area contributed by atoms with Crippen LogP contribution >= 0.6 is 61.3 Å². The lowest BCUT2D eigenvalue weighted by atomic mass is 10.2. The number of halogens is 3. The number of likely N-dealkylation sites (tertiary alicyclic amines) is 1. The molecule has 0 aromatic carbocycles. The van der Waals surface area contributed by atoms with E-state index in [1.165, 1.54) is 58.3 Å². The third-order valence-electron chi connectivity index (χ3n) is 10.5. The molecule has 0 saturated carbocycles. The van der Waals surface area contributed by atoms with Crippen LogP contribution in [0.25, 0.3) is 0 Å². The van der Waals surface area contributed by atoms with Crippen molar-refractivity contribution in [3.05, 3.63) is 68.4 Å². The molecule has 0 spiro atoms. The zero-order valence-electron chi connectivity index (χ0n) is 33.9. The highest BCUT2D eigenvalue weighted by molar-refractivity contribution is 9.11. The van der Waals surface area contributed by atoms with Gasteiger partial charge in [-0.3, -0.25) is 9.08 Å². The number of aromatic nitrogens is 3. The Bertz CT molecular complexity index is 1720. The van der Waals surface area contributed by atoms with Crippen LogP contribution in [0.5, 0.6) is 0 Å². The van der Waals surface area contributed by atoms with Gasteiger partial charge in [-0.2, -0.15) is 21.9 Å². The van der Waals surface area contributed by atoms with Crippen molar-refractivity contribution in [3.63, 3.8) is 0 Å². The fourth-order valence-corrected chi connectivity index (χ4v) is 8.85. The van der Waals surface area contributed by atoms with E-state index in [1.807, 2.05) is 35.4 Å². The zero-order chi connectivity index (χ0) is 41.3. The van der Waals surface area contributed by atoms with E-state index in [1.54, 1.807) is 12.4 Å². The summed E-state index contributed by atoms with van der Waals surface area (Å²) in [5, 5.41) is 24.2. The van der Waals surface area contributed by atoms with Crippen LogP contribution in [0.2, 0.25) is 0 Å². The summed E-state index contributed by atoms with van der Waals surface area (Å²) in [4.78, 5) is 22.2. The van der Waals surface area contributed by atoms with E-state index in [2.05, 4.69) is 100 Å². The molecular formula is C40H62Br3N9O5S2. The summed E-state index contributed by atoms with van der Waals surface area (Å²) in [6.45, 7) is 12.1. The van der Waals surface area contributed by atoms with E-state index in [-0.39, 0.29) is 31.8 Å². The van der Waals surface area contributed by atoms with Crippen LogP contribution in [0.15, 0.2) is 68.4 Å². The van der Waals surface area contributed by atoms with Crippen LogP contribution in [0.3, 0.4) is 0 Å². The Morgan fingerprint density at radius 1 is 0.627 bits per heavy atom.